The van der Waals surface area contributed by atoms with Crippen LogP contribution in [0, 0.1) is 0 Å². The van der Waals surface area contributed by atoms with Gasteiger partial charge < -0.3 is 8.83 Å². The average molecular weight is 855 g/mol. The van der Waals surface area contributed by atoms with E-state index in [0.717, 1.165) is 44.2 Å². The summed E-state index contributed by atoms with van der Waals surface area (Å²) >= 11 is 1.85. The number of hydrogen-bond donors (Lipinski definition) is 0. The highest BCUT2D eigenvalue weighted by atomic mass is 32.1. The SMILES string of the molecule is c1ccc2c(c1)-c1ccccc1C21c2ccccc2-c2c1ccc1oc3c(-c4c5ccccc5c(-c5cccc6c5oc5ccc7sc8ccccc8c7c56)c5ccccc45)cccc3c21. The van der Waals surface area contributed by atoms with E-state index in [0.29, 0.717) is 0 Å². The maximum atomic E-state index is 7.22. The molecule has 3 heteroatoms. The molecule has 1 spiro atoms. The van der Waals surface area contributed by atoms with Gasteiger partial charge in [-0.25, -0.2) is 0 Å². The van der Waals surface area contributed by atoms with E-state index in [-0.39, 0.29) is 0 Å². The zero-order chi connectivity index (χ0) is 42.8. The fraction of sp³-hybridized carbons (Fsp3) is 0.0159. The van der Waals surface area contributed by atoms with Crippen molar-refractivity contribution in [3.63, 3.8) is 0 Å². The van der Waals surface area contributed by atoms with Crippen molar-refractivity contribution in [3.8, 4) is 44.5 Å². The molecule has 0 saturated carbocycles. The minimum Gasteiger partial charge on any atom is -0.455 e. The van der Waals surface area contributed by atoms with Crippen LogP contribution in [0.25, 0.3) is 130 Å². The second-order valence-electron chi connectivity index (χ2n) is 18.1. The largest absolute Gasteiger partial charge is 0.455 e. The number of fused-ring (bicyclic) bond motifs is 23. The summed E-state index contributed by atoms with van der Waals surface area (Å²) in [5.74, 6) is 0. The van der Waals surface area contributed by atoms with E-state index in [9.17, 15) is 0 Å². The van der Waals surface area contributed by atoms with Gasteiger partial charge in [-0.15, -0.1) is 11.3 Å². The Bertz CT molecular complexity index is 4380. The molecule has 0 unspecified atom stereocenters. The summed E-state index contributed by atoms with van der Waals surface area (Å²) in [5.41, 5.74) is 18.2. The van der Waals surface area contributed by atoms with Crippen molar-refractivity contribution in [1.82, 2.24) is 0 Å². The van der Waals surface area contributed by atoms with Gasteiger partial charge in [-0.1, -0.05) is 182 Å². The second-order valence-corrected chi connectivity index (χ2v) is 19.2. The molecule has 11 aromatic carbocycles. The molecule has 0 atom stereocenters. The lowest BCUT2D eigenvalue weighted by molar-refractivity contribution is 0.669. The molecule has 3 aromatic heterocycles. The Kier molecular flexibility index (Phi) is 6.66. The Labute approximate surface area is 382 Å². The summed E-state index contributed by atoms with van der Waals surface area (Å²) in [6.07, 6.45) is 0. The fourth-order valence-electron chi connectivity index (χ4n) is 12.7. The predicted octanol–water partition coefficient (Wildman–Crippen LogP) is 17.8. The molecule has 0 fully saturated rings. The molecule has 16 rings (SSSR count). The number of furan rings is 2. The molecule has 0 aliphatic heterocycles. The molecule has 0 amide bonds. The molecule has 3 heterocycles. The van der Waals surface area contributed by atoms with Crippen LogP contribution in [-0.2, 0) is 5.41 Å². The van der Waals surface area contributed by atoms with Crippen LogP contribution in [0.5, 0.6) is 0 Å². The number of para-hydroxylation sites is 2. The van der Waals surface area contributed by atoms with E-state index in [4.69, 9.17) is 8.83 Å². The summed E-state index contributed by atoms with van der Waals surface area (Å²) in [5, 5.41) is 11.9. The Morgan fingerprint density at radius 1 is 0.273 bits per heavy atom. The van der Waals surface area contributed by atoms with Crippen molar-refractivity contribution in [2.24, 2.45) is 0 Å². The Morgan fingerprint density at radius 3 is 1.32 bits per heavy atom. The highest BCUT2D eigenvalue weighted by molar-refractivity contribution is 7.26. The summed E-state index contributed by atoms with van der Waals surface area (Å²) in [6.45, 7) is 0. The van der Waals surface area contributed by atoms with E-state index in [1.807, 2.05) is 11.3 Å². The van der Waals surface area contributed by atoms with Crippen LogP contribution in [-0.4, -0.2) is 0 Å². The van der Waals surface area contributed by atoms with Crippen molar-refractivity contribution in [3.05, 3.63) is 229 Å². The van der Waals surface area contributed by atoms with Crippen molar-refractivity contribution in [1.29, 1.82) is 0 Å². The third kappa shape index (κ3) is 4.19. The van der Waals surface area contributed by atoms with Gasteiger partial charge >= 0.3 is 0 Å². The lowest BCUT2D eigenvalue weighted by Crippen LogP contribution is -2.25. The molecule has 0 N–H and O–H groups in total. The quantitative estimate of drug-likeness (QED) is 0.162. The van der Waals surface area contributed by atoms with Gasteiger partial charge in [-0.3, -0.25) is 0 Å². The standard InChI is InChI=1S/C63H34O2S/c1-3-19-39-37(17-1)55(38-18-2-4-20-40(38)56(39)44-24-14-26-46-59-52(65-62(44)46)33-34-54-60(59)42-22-8-12-30-53(42)66-54)43-23-13-25-45-58-51(64-61(43)45)32-31-50-57(58)41-21-7-11-29-49(41)63(50)47-27-9-5-15-35(47)36-16-6-10-28-48(36)63/h1-34H. The monoisotopic (exact) mass is 854 g/mol. The van der Waals surface area contributed by atoms with Crippen LogP contribution < -0.4 is 0 Å². The van der Waals surface area contributed by atoms with Gasteiger partial charge in [0.1, 0.15) is 22.3 Å². The Hall–Kier alpha value is -8.24. The number of hydrogen-bond acceptors (Lipinski definition) is 3. The van der Waals surface area contributed by atoms with Gasteiger partial charge in [0.2, 0.25) is 0 Å². The Balaban J connectivity index is 0.974. The molecule has 14 aromatic rings. The molecule has 2 aliphatic carbocycles. The average Bonchev–Trinajstić information content (AvgIpc) is 4.18. The first-order valence-electron chi connectivity index (χ1n) is 22.7. The smallest absolute Gasteiger partial charge is 0.143 e. The number of benzene rings is 11. The molecular formula is C63H34O2S. The Morgan fingerprint density at radius 2 is 0.712 bits per heavy atom. The van der Waals surface area contributed by atoms with E-state index >= 15 is 0 Å². The highest BCUT2D eigenvalue weighted by Crippen LogP contribution is 2.64. The molecule has 0 saturated heterocycles. The van der Waals surface area contributed by atoms with Crippen LogP contribution in [0.15, 0.2) is 215 Å². The lowest BCUT2D eigenvalue weighted by atomic mass is 9.70. The zero-order valence-corrected chi connectivity index (χ0v) is 36.2. The van der Waals surface area contributed by atoms with E-state index < -0.39 is 5.41 Å². The first kappa shape index (κ1) is 35.2. The highest BCUT2D eigenvalue weighted by Gasteiger charge is 2.52. The fourth-order valence-corrected chi connectivity index (χ4v) is 13.8. The molecule has 304 valence electrons. The van der Waals surface area contributed by atoms with Crippen molar-refractivity contribution in [2.45, 2.75) is 5.41 Å². The van der Waals surface area contributed by atoms with Crippen molar-refractivity contribution < 1.29 is 8.83 Å². The summed E-state index contributed by atoms with van der Waals surface area (Å²) in [4.78, 5) is 0. The summed E-state index contributed by atoms with van der Waals surface area (Å²) in [6, 6.07) is 76.0. The van der Waals surface area contributed by atoms with Crippen LogP contribution in [0.1, 0.15) is 22.3 Å². The van der Waals surface area contributed by atoms with Gasteiger partial charge in [0.15, 0.2) is 0 Å². The summed E-state index contributed by atoms with van der Waals surface area (Å²) < 4.78 is 16.8. The van der Waals surface area contributed by atoms with Gasteiger partial charge in [-0.2, -0.15) is 0 Å². The van der Waals surface area contributed by atoms with E-state index in [1.54, 1.807) is 0 Å². The molecule has 0 bridgehead atoms. The molecule has 2 aliphatic rings. The molecular weight excluding hydrogens is 821 g/mol. The first-order chi connectivity index (χ1) is 32.8. The third-order valence-electron chi connectivity index (χ3n) is 15.1. The molecule has 2 nitrogen and oxygen atoms in total. The van der Waals surface area contributed by atoms with E-state index in [2.05, 4.69) is 206 Å². The lowest BCUT2D eigenvalue weighted by Gasteiger charge is -2.30. The third-order valence-corrected chi connectivity index (χ3v) is 16.2. The normalized spacial score (nSPS) is 13.6. The topological polar surface area (TPSA) is 26.3 Å². The second kappa shape index (κ2) is 12.5. The number of thiophene rings is 1. The van der Waals surface area contributed by atoms with Gasteiger partial charge in [0.25, 0.3) is 0 Å². The van der Waals surface area contributed by atoms with Crippen molar-refractivity contribution >= 4 is 96.9 Å². The van der Waals surface area contributed by atoms with E-state index in [1.165, 1.54) is 108 Å². The molecule has 66 heavy (non-hydrogen) atoms. The van der Waals surface area contributed by atoms with Crippen LogP contribution >= 0.6 is 11.3 Å². The minimum absolute atomic E-state index is 0.428. The first-order valence-corrected chi connectivity index (χ1v) is 23.6. The van der Waals surface area contributed by atoms with Gasteiger partial charge in [-0.05, 0) is 90.3 Å². The van der Waals surface area contributed by atoms with Crippen LogP contribution in [0.2, 0.25) is 0 Å². The maximum Gasteiger partial charge on any atom is 0.143 e. The van der Waals surface area contributed by atoms with Crippen LogP contribution in [0.4, 0.5) is 0 Å². The van der Waals surface area contributed by atoms with Crippen LogP contribution in [0.3, 0.4) is 0 Å². The number of rotatable bonds is 2. The minimum atomic E-state index is -0.428. The predicted molar refractivity (Wildman–Crippen MR) is 276 cm³/mol. The maximum absolute atomic E-state index is 7.22. The van der Waals surface area contributed by atoms with Gasteiger partial charge in [0, 0.05) is 64.0 Å². The van der Waals surface area contributed by atoms with Crippen molar-refractivity contribution in [2.75, 3.05) is 0 Å². The zero-order valence-electron chi connectivity index (χ0n) is 35.4. The molecule has 0 radical (unpaired) electrons. The van der Waals surface area contributed by atoms with Gasteiger partial charge in [0.05, 0.1) is 5.41 Å². The summed E-state index contributed by atoms with van der Waals surface area (Å²) in [7, 11) is 0.